The highest BCUT2D eigenvalue weighted by molar-refractivity contribution is 14.1. The third-order valence-electron chi connectivity index (χ3n) is 2.06. The van der Waals surface area contributed by atoms with Crippen molar-refractivity contribution in [1.29, 1.82) is 0 Å². The lowest BCUT2D eigenvalue weighted by molar-refractivity contribution is -0.122. The van der Waals surface area contributed by atoms with Gasteiger partial charge in [0, 0.05) is 9.13 Å². The quantitative estimate of drug-likeness (QED) is 0.408. The molecule has 0 aliphatic rings. The number of halogens is 1. The lowest BCUT2D eigenvalue weighted by Gasteiger charge is -2.19. The summed E-state index contributed by atoms with van der Waals surface area (Å²) < 4.78 is 0.919. The third-order valence-corrected chi connectivity index (χ3v) is 2.73. The van der Waals surface area contributed by atoms with Crippen LogP contribution in [0, 0.1) is 3.57 Å². The van der Waals surface area contributed by atoms with Crippen LogP contribution in [0.5, 0.6) is 0 Å². The Balaban J connectivity index is 2.85. The van der Waals surface area contributed by atoms with Gasteiger partial charge in [0.2, 0.25) is 0 Å². The molecule has 1 aromatic carbocycles. The molecule has 0 aliphatic carbocycles. The predicted octanol–water partition coefficient (Wildman–Crippen LogP) is -0.0370. The summed E-state index contributed by atoms with van der Waals surface area (Å²) in [6, 6.07) is 6.93. The zero-order chi connectivity index (χ0) is 12.3. The molecule has 86 valence electrons. The number of carbonyl (C=O) groups is 2. The average Bonchev–Trinajstić information content (AvgIpc) is 2.16. The number of carbonyl (C=O) groups excluding carboxylic acids is 2. The van der Waals surface area contributed by atoms with Crippen LogP contribution in [-0.2, 0) is 4.79 Å². The Kier molecular flexibility index (Phi) is 4.00. The number of nitrogens with two attached hydrogens (primary N) is 3. The van der Waals surface area contributed by atoms with Crippen molar-refractivity contribution >= 4 is 34.3 Å². The van der Waals surface area contributed by atoms with Gasteiger partial charge in [-0.25, -0.2) is 0 Å². The first-order valence-electron chi connectivity index (χ1n) is 4.49. The summed E-state index contributed by atoms with van der Waals surface area (Å²) in [6.07, 6.45) is -0.303. The first-order valence-corrected chi connectivity index (χ1v) is 5.57. The molecule has 0 unspecified atom stereocenters. The van der Waals surface area contributed by atoms with E-state index in [1.165, 1.54) is 0 Å². The number of hydrogen-bond donors (Lipinski definition) is 3. The van der Waals surface area contributed by atoms with Crippen molar-refractivity contribution in [2.24, 2.45) is 17.2 Å². The van der Waals surface area contributed by atoms with Gasteiger partial charge >= 0.3 is 0 Å². The highest BCUT2D eigenvalue weighted by atomic mass is 125. The minimum absolute atomic E-state index is 0.303. The lowest BCUT2D eigenvalue weighted by atomic mass is 9.99. The van der Waals surface area contributed by atoms with E-state index in [4.69, 9.17) is 17.2 Å². The molecule has 0 aromatic heterocycles. The second-order valence-electron chi connectivity index (χ2n) is 3.51. The van der Waals surface area contributed by atoms with E-state index in [-0.39, 0.29) is 12.2 Å². The second-order valence-corrected chi connectivity index (χ2v) is 4.76. The highest BCUT2D eigenvalue weighted by Crippen LogP contribution is 2.12. The number of primary amides is 1. The summed E-state index contributed by atoms with van der Waals surface area (Å²) >= 11 is 2.08. The number of hydrogen-bond acceptors (Lipinski definition) is 4. The number of rotatable bonds is 4. The van der Waals surface area contributed by atoms with Gasteiger partial charge in [-0.2, -0.15) is 0 Å². The fourth-order valence-electron chi connectivity index (χ4n) is 1.12. The summed E-state index contributed by atoms with van der Waals surface area (Å²) in [5.74, 6) is -1.20. The lowest BCUT2D eigenvalue weighted by Crippen LogP contribution is -2.60. The molecule has 5 nitrogen and oxygen atoms in total. The van der Waals surface area contributed by atoms with Crippen molar-refractivity contribution in [3.8, 4) is 0 Å². The first-order chi connectivity index (χ1) is 7.33. The number of amides is 1. The van der Waals surface area contributed by atoms with E-state index in [2.05, 4.69) is 22.6 Å². The molecular formula is C10H12IN3O2. The maximum atomic E-state index is 11.7. The monoisotopic (exact) mass is 331 g/mol. The van der Waals surface area contributed by atoms with Crippen molar-refractivity contribution in [3.63, 3.8) is 0 Å². The molecule has 1 aromatic rings. The van der Waals surface area contributed by atoms with Crippen LogP contribution < -0.4 is 17.2 Å². The van der Waals surface area contributed by atoms with E-state index in [1.807, 2.05) is 6.07 Å². The number of Topliss-reactive ketones (excluding diaryl/α,β-unsaturated/α-hetero) is 1. The fraction of sp³-hybridized carbons (Fsp3) is 0.200. The molecule has 0 bridgehead atoms. The van der Waals surface area contributed by atoms with Crippen molar-refractivity contribution in [2.75, 3.05) is 0 Å². The predicted molar refractivity (Wildman–Crippen MR) is 68.4 cm³/mol. The normalized spacial score (nSPS) is 11.2. The molecule has 0 heterocycles. The topological polar surface area (TPSA) is 112 Å². The van der Waals surface area contributed by atoms with E-state index < -0.39 is 11.6 Å². The van der Waals surface area contributed by atoms with Gasteiger partial charge < -0.3 is 17.2 Å². The SMILES string of the molecule is NC(=O)C(N)(N)CC(=O)c1cccc([125I])c1. The van der Waals surface area contributed by atoms with Gasteiger partial charge in [0.1, 0.15) is 0 Å². The molecule has 0 saturated heterocycles. The highest BCUT2D eigenvalue weighted by Gasteiger charge is 2.30. The van der Waals surface area contributed by atoms with Crippen molar-refractivity contribution in [3.05, 3.63) is 33.4 Å². The van der Waals surface area contributed by atoms with E-state index in [0.717, 1.165) is 3.57 Å². The van der Waals surface area contributed by atoms with Crippen molar-refractivity contribution in [2.45, 2.75) is 12.1 Å². The van der Waals surface area contributed by atoms with E-state index in [1.54, 1.807) is 18.2 Å². The minimum atomic E-state index is -1.79. The van der Waals surface area contributed by atoms with Crippen LogP contribution in [0.15, 0.2) is 24.3 Å². The molecule has 6 N–H and O–H groups in total. The summed E-state index contributed by atoms with van der Waals surface area (Å²) in [5, 5.41) is 0. The molecule has 0 fully saturated rings. The van der Waals surface area contributed by atoms with Crippen molar-refractivity contribution < 1.29 is 9.59 Å². The van der Waals surface area contributed by atoms with Crippen LogP contribution in [0.3, 0.4) is 0 Å². The van der Waals surface area contributed by atoms with Gasteiger partial charge in [0.05, 0.1) is 6.42 Å². The molecular weight excluding hydrogens is 319 g/mol. The van der Waals surface area contributed by atoms with Crippen LogP contribution in [0.2, 0.25) is 0 Å². The Morgan fingerprint density at radius 1 is 1.31 bits per heavy atom. The largest absolute Gasteiger partial charge is 0.367 e. The smallest absolute Gasteiger partial charge is 0.252 e. The molecule has 0 atom stereocenters. The van der Waals surface area contributed by atoms with E-state index >= 15 is 0 Å². The molecule has 1 amide bonds. The number of ketones is 1. The van der Waals surface area contributed by atoms with Crippen LogP contribution in [0.4, 0.5) is 0 Å². The first kappa shape index (κ1) is 13.1. The molecule has 6 heteroatoms. The van der Waals surface area contributed by atoms with Gasteiger partial charge in [-0.1, -0.05) is 12.1 Å². The molecule has 0 saturated carbocycles. The summed E-state index contributed by atoms with van der Waals surface area (Å²) in [5.41, 5.74) is 14.5. The van der Waals surface area contributed by atoms with E-state index in [0.29, 0.717) is 5.56 Å². The zero-order valence-corrected chi connectivity index (χ0v) is 10.6. The third kappa shape index (κ3) is 3.26. The summed E-state index contributed by atoms with van der Waals surface area (Å²) in [7, 11) is 0. The Hall–Kier alpha value is -0.990. The van der Waals surface area contributed by atoms with Crippen molar-refractivity contribution in [1.82, 2.24) is 0 Å². The van der Waals surface area contributed by atoms with Crippen LogP contribution in [0.1, 0.15) is 16.8 Å². The Labute approximate surface area is 106 Å². The second kappa shape index (κ2) is 4.89. The van der Waals surface area contributed by atoms with Gasteiger partial charge in [-0.3, -0.25) is 9.59 Å². The molecule has 0 aliphatic heterocycles. The van der Waals surface area contributed by atoms with Gasteiger partial charge in [0.15, 0.2) is 11.4 Å². The zero-order valence-electron chi connectivity index (χ0n) is 8.44. The summed E-state index contributed by atoms with van der Waals surface area (Å²) in [4.78, 5) is 22.6. The van der Waals surface area contributed by atoms with Gasteiger partial charge in [-0.05, 0) is 34.7 Å². The fourth-order valence-corrected chi connectivity index (χ4v) is 1.66. The molecule has 0 spiro atoms. The van der Waals surface area contributed by atoms with Crippen LogP contribution in [0.25, 0.3) is 0 Å². The maximum Gasteiger partial charge on any atom is 0.252 e. The van der Waals surface area contributed by atoms with E-state index in [9.17, 15) is 9.59 Å². The van der Waals surface area contributed by atoms with Crippen LogP contribution >= 0.6 is 22.6 Å². The van der Waals surface area contributed by atoms with Gasteiger partial charge in [0.25, 0.3) is 5.91 Å². The molecule has 0 radical (unpaired) electrons. The number of benzene rings is 1. The molecule has 1 rings (SSSR count). The Bertz CT molecular complexity index is 432. The standard InChI is InChI=1S/C10H12IN3O2/c11-7-3-1-2-6(4-7)8(15)5-10(13,14)9(12)16/h1-4H,5,13-14H2,(H2,12,16)/i11-2. The van der Waals surface area contributed by atoms with Gasteiger partial charge in [-0.15, -0.1) is 0 Å². The molecule has 16 heavy (non-hydrogen) atoms. The minimum Gasteiger partial charge on any atom is -0.367 e. The maximum absolute atomic E-state index is 11.7. The Morgan fingerprint density at radius 2 is 1.94 bits per heavy atom. The summed E-state index contributed by atoms with van der Waals surface area (Å²) in [6.45, 7) is 0. The van der Waals surface area contributed by atoms with Crippen LogP contribution in [-0.4, -0.2) is 17.4 Å². The average molecular weight is 331 g/mol. The Morgan fingerprint density at radius 3 is 2.44 bits per heavy atom.